The molecule has 1 aromatic rings. The molecule has 1 aliphatic heterocycles. The lowest BCUT2D eigenvalue weighted by Crippen LogP contribution is -2.43. The molecule has 1 atom stereocenters. The first-order valence-electron chi connectivity index (χ1n) is 5.33. The highest BCUT2D eigenvalue weighted by atomic mass is 16.6. The normalized spacial score (nSPS) is 17.1. The number of hydrogen-bond donors (Lipinski definition) is 2. The van der Waals surface area contributed by atoms with Gasteiger partial charge in [0.25, 0.3) is 0 Å². The van der Waals surface area contributed by atoms with Gasteiger partial charge in [0.2, 0.25) is 0 Å². The van der Waals surface area contributed by atoms with Crippen LogP contribution in [0.2, 0.25) is 0 Å². The van der Waals surface area contributed by atoms with Gasteiger partial charge in [-0.15, -0.1) is 0 Å². The Labute approximate surface area is 99.4 Å². The predicted octanol–water partition coefficient (Wildman–Crippen LogP) is 1.27. The van der Waals surface area contributed by atoms with Gasteiger partial charge in [0.1, 0.15) is 6.61 Å². The van der Waals surface area contributed by atoms with Crippen molar-refractivity contribution in [2.24, 2.45) is 0 Å². The number of nitrogens with one attached hydrogen (secondary N) is 2. The summed E-state index contributed by atoms with van der Waals surface area (Å²) in [6, 6.07) is 7.15. The van der Waals surface area contributed by atoms with Crippen LogP contribution in [0.5, 0.6) is 11.5 Å². The molecule has 5 heteroatoms. The molecular weight excluding hydrogens is 220 g/mol. The monoisotopic (exact) mass is 234 g/mol. The summed E-state index contributed by atoms with van der Waals surface area (Å²) in [5.41, 5.74) is 0. The summed E-state index contributed by atoms with van der Waals surface area (Å²) in [7, 11) is 0. The standard InChI is InChI=1S/C12H14N2O3/c1-2-13-12(15)14-7-9-8-16-10-5-3-4-6-11(10)17-9/h2-6,9H,1,7-8H2,(H2,13,14,15). The lowest BCUT2D eigenvalue weighted by Gasteiger charge is -2.26. The number of ether oxygens (including phenoxy) is 2. The first kappa shape index (κ1) is 11.3. The highest BCUT2D eigenvalue weighted by Crippen LogP contribution is 2.30. The fraction of sp³-hybridized carbons (Fsp3) is 0.250. The number of benzene rings is 1. The van der Waals surface area contributed by atoms with Crippen LogP contribution in [-0.2, 0) is 0 Å². The molecule has 2 N–H and O–H groups in total. The van der Waals surface area contributed by atoms with Crippen LogP contribution in [0.1, 0.15) is 0 Å². The number of rotatable bonds is 3. The van der Waals surface area contributed by atoms with E-state index in [0.29, 0.717) is 18.9 Å². The number of carbonyl (C=O) groups excluding carboxylic acids is 1. The summed E-state index contributed by atoms with van der Waals surface area (Å²) in [5, 5.41) is 5.08. The van der Waals surface area contributed by atoms with E-state index in [0.717, 1.165) is 5.75 Å². The largest absolute Gasteiger partial charge is 0.486 e. The van der Waals surface area contributed by atoms with Crippen molar-refractivity contribution < 1.29 is 14.3 Å². The second-order valence-corrected chi connectivity index (χ2v) is 3.56. The molecule has 0 bridgehead atoms. The van der Waals surface area contributed by atoms with Crippen molar-refractivity contribution in [3.05, 3.63) is 37.0 Å². The summed E-state index contributed by atoms with van der Waals surface area (Å²) in [6.07, 6.45) is 1.14. The van der Waals surface area contributed by atoms with Crippen LogP contribution in [0.3, 0.4) is 0 Å². The lowest BCUT2D eigenvalue weighted by atomic mass is 10.2. The topological polar surface area (TPSA) is 59.6 Å². The summed E-state index contributed by atoms with van der Waals surface area (Å²) < 4.78 is 11.2. The van der Waals surface area contributed by atoms with Crippen molar-refractivity contribution in [1.82, 2.24) is 10.6 Å². The number of urea groups is 1. The van der Waals surface area contributed by atoms with Crippen molar-refractivity contribution in [2.75, 3.05) is 13.2 Å². The van der Waals surface area contributed by atoms with E-state index in [4.69, 9.17) is 9.47 Å². The third-order valence-corrected chi connectivity index (χ3v) is 2.29. The van der Waals surface area contributed by atoms with E-state index in [1.807, 2.05) is 24.3 Å². The number of hydrogen-bond acceptors (Lipinski definition) is 3. The molecule has 5 nitrogen and oxygen atoms in total. The number of para-hydroxylation sites is 2. The molecule has 0 radical (unpaired) electrons. The molecule has 0 saturated heterocycles. The van der Waals surface area contributed by atoms with Crippen molar-refractivity contribution in [2.45, 2.75) is 6.10 Å². The Balaban J connectivity index is 1.86. The molecule has 2 rings (SSSR count). The van der Waals surface area contributed by atoms with Gasteiger partial charge in [-0.05, 0) is 18.3 Å². The molecule has 17 heavy (non-hydrogen) atoms. The Hall–Kier alpha value is -2.17. The molecule has 1 aromatic carbocycles. The van der Waals surface area contributed by atoms with Gasteiger partial charge < -0.3 is 20.1 Å². The summed E-state index contributed by atoms with van der Waals surface area (Å²) in [6.45, 7) is 4.20. The number of carbonyl (C=O) groups is 1. The minimum absolute atomic E-state index is 0.180. The van der Waals surface area contributed by atoms with Gasteiger partial charge in [-0.25, -0.2) is 4.79 Å². The number of fused-ring (bicyclic) bond motifs is 1. The van der Waals surface area contributed by atoms with Crippen LogP contribution in [-0.4, -0.2) is 25.3 Å². The molecule has 0 aliphatic carbocycles. The Bertz CT molecular complexity index is 420. The highest BCUT2D eigenvalue weighted by Gasteiger charge is 2.20. The van der Waals surface area contributed by atoms with Crippen LogP contribution in [0.25, 0.3) is 0 Å². The zero-order chi connectivity index (χ0) is 12.1. The predicted molar refractivity (Wildman–Crippen MR) is 63.1 cm³/mol. The Morgan fingerprint density at radius 2 is 2.24 bits per heavy atom. The van der Waals surface area contributed by atoms with Crippen molar-refractivity contribution in [1.29, 1.82) is 0 Å². The van der Waals surface area contributed by atoms with Crippen molar-refractivity contribution in [3.8, 4) is 11.5 Å². The van der Waals surface area contributed by atoms with Gasteiger partial charge in [-0.2, -0.15) is 0 Å². The van der Waals surface area contributed by atoms with E-state index >= 15 is 0 Å². The molecule has 0 fully saturated rings. The van der Waals surface area contributed by atoms with Gasteiger partial charge in [0.05, 0.1) is 6.54 Å². The van der Waals surface area contributed by atoms with E-state index < -0.39 is 0 Å². The summed E-state index contributed by atoms with van der Waals surface area (Å²) >= 11 is 0. The molecular formula is C12H14N2O3. The Kier molecular flexibility index (Phi) is 3.49. The minimum atomic E-state index is -0.303. The van der Waals surface area contributed by atoms with Gasteiger partial charge in [-0.1, -0.05) is 18.7 Å². The van der Waals surface area contributed by atoms with Crippen LogP contribution in [0.4, 0.5) is 4.79 Å². The minimum Gasteiger partial charge on any atom is -0.486 e. The summed E-state index contributed by atoms with van der Waals surface area (Å²) in [4.78, 5) is 11.1. The highest BCUT2D eigenvalue weighted by molar-refractivity contribution is 5.74. The van der Waals surface area contributed by atoms with E-state index in [9.17, 15) is 4.79 Å². The summed E-state index contributed by atoms with van der Waals surface area (Å²) in [5.74, 6) is 1.44. The number of amides is 2. The quantitative estimate of drug-likeness (QED) is 0.828. The Morgan fingerprint density at radius 3 is 3.00 bits per heavy atom. The third kappa shape index (κ3) is 2.90. The second kappa shape index (κ2) is 5.25. The van der Waals surface area contributed by atoms with E-state index in [-0.39, 0.29) is 12.1 Å². The van der Waals surface area contributed by atoms with Gasteiger partial charge in [-0.3, -0.25) is 0 Å². The molecule has 1 unspecified atom stereocenters. The van der Waals surface area contributed by atoms with Gasteiger partial charge in [0, 0.05) is 0 Å². The maximum Gasteiger partial charge on any atom is 0.318 e. The molecule has 90 valence electrons. The fourth-order valence-electron chi connectivity index (χ4n) is 1.51. The smallest absolute Gasteiger partial charge is 0.318 e. The Morgan fingerprint density at radius 1 is 1.47 bits per heavy atom. The van der Waals surface area contributed by atoms with E-state index in [2.05, 4.69) is 17.2 Å². The maximum atomic E-state index is 11.1. The zero-order valence-corrected chi connectivity index (χ0v) is 9.31. The molecule has 2 amide bonds. The molecule has 1 heterocycles. The zero-order valence-electron chi connectivity index (χ0n) is 9.31. The molecule has 0 saturated carbocycles. The van der Waals surface area contributed by atoms with Crippen molar-refractivity contribution >= 4 is 6.03 Å². The van der Waals surface area contributed by atoms with Crippen LogP contribution >= 0.6 is 0 Å². The van der Waals surface area contributed by atoms with Crippen LogP contribution < -0.4 is 20.1 Å². The average molecular weight is 234 g/mol. The molecule has 0 aromatic heterocycles. The third-order valence-electron chi connectivity index (χ3n) is 2.29. The molecule has 0 spiro atoms. The molecule has 1 aliphatic rings. The van der Waals surface area contributed by atoms with Gasteiger partial charge >= 0.3 is 6.03 Å². The average Bonchev–Trinajstić information content (AvgIpc) is 2.36. The first-order valence-corrected chi connectivity index (χ1v) is 5.33. The SMILES string of the molecule is C=CNC(=O)NCC1COc2ccccc2O1. The maximum absolute atomic E-state index is 11.1. The van der Waals surface area contributed by atoms with Crippen LogP contribution in [0.15, 0.2) is 37.0 Å². The lowest BCUT2D eigenvalue weighted by molar-refractivity contribution is 0.0919. The van der Waals surface area contributed by atoms with E-state index in [1.165, 1.54) is 6.20 Å². The van der Waals surface area contributed by atoms with Crippen LogP contribution in [0, 0.1) is 0 Å². The second-order valence-electron chi connectivity index (χ2n) is 3.56. The van der Waals surface area contributed by atoms with Gasteiger partial charge in [0.15, 0.2) is 17.6 Å². The fourth-order valence-corrected chi connectivity index (χ4v) is 1.51. The van der Waals surface area contributed by atoms with Crippen molar-refractivity contribution in [3.63, 3.8) is 0 Å². The first-order chi connectivity index (χ1) is 8.29. The van der Waals surface area contributed by atoms with E-state index in [1.54, 1.807) is 0 Å².